The van der Waals surface area contributed by atoms with Crippen LogP contribution in [0, 0.1) is 0 Å². The van der Waals surface area contributed by atoms with E-state index in [1.54, 1.807) is 0 Å². The Morgan fingerprint density at radius 1 is 1.10 bits per heavy atom. The molecule has 2 aromatic carbocycles. The Kier molecular flexibility index (Phi) is 4.02. The van der Waals surface area contributed by atoms with Gasteiger partial charge in [0, 0.05) is 21.6 Å². The summed E-state index contributed by atoms with van der Waals surface area (Å²) in [5.41, 5.74) is 3.77. The van der Waals surface area contributed by atoms with Gasteiger partial charge >= 0.3 is 0 Å². The number of ether oxygens (including phenoxy) is 1. The molecular formula is C18H18BrNO. The van der Waals surface area contributed by atoms with E-state index in [1.165, 1.54) is 22.0 Å². The highest BCUT2D eigenvalue weighted by atomic mass is 79.9. The first-order valence-electron chi connectivity index (χ1n) is 7.13. The van der Waals surface area contributed by atoms with E-state index in [9.17, 15) is 0 Å². The highest BCUT2D eigenvalue weighted by molar-refractivity contribution is 9.10. The van der Waals surface area contributed by atoms with E-state index < -0.39 is 0 Å². The molecule has 108 valence electrons. The Balaban J connectivity index is 1.83. The lowest BCUT2D eigenvalue weighted by atomic mass is 10.0. The molecule has 1 N–H and O–H groups in total. The van der Waals surface area contributed by atoms with Gasteiger partial charge in [-0.25, -0.2) is 0 Å². The second kappa shape index (κ2) is 5.94. The molecule has 1 aromatic heterocycles. The number of H-pyrrole nitrogens is 1. The van der Waals surface area contributed by atoms with Crippen molar-refractivity contribution < 1.29 is 4.74 Å². The van der Waals surface area contributed by atoms with Crippen molar-refractivity contribution in [1.82, 2.24) is 4.98 Å². The Labute approximate surface area is 133 Å². The molecule has 0 saturated heterocycles. The molecule has 3 aromatic rings. The zero-order valence-corrected chi connectivity index (χ0v) is 13.8. The highest BCUT2D eigenvalue weighted by Gasteiger charge is 2.06. The number of rotatable bonds is 4. The SMILES string of the molecule is CC(C)Oc1ccc(Cc2c[nH]c3ccc(Br)cc23)cc1. The summed E-state index contributed by atoms with van der Waals surface area (Å²) in [7, 11) is 0. The maximum atomic E-state index is 5.68. The number of aromatic amines is 1. The monoisotopic (exact) mass is 343 g/mol. The Morgan fingerprint density at radius 3 is 2.57 bits per heavy atom. The van der Waals surface area contributed by atoms with Gasteiger partial charge in [-0.15, -0.1) is 0 Å². The Bertz CT molecular complexity index is 744. The normalized spacial score (nSPS) is 11.2. The molecule has 0 radical (unpaired) electrons. The number of halogens is 1. The minimum Gasteiger partial charge on any atom is -0.491 e. The summed E-state index contributed by atoms with van der Waals surface area (Å²) < 4.78 is 6.79. The van der Waals surface area contributed by atoms with Crippen molar-refractivity contribution in [2.45, 2.75) is 26.4 Å². The maximum absolute atomic E-state index is 5.68. The molecule has 0 spiro atoms. The second-order valence-electron chi connectivity index (χ2n) is 5.49. The standard InChI is InChI=1S/C18H18BrNO/c1-12(2)21-16-6-3-13(4-7-16)9-14-11-20-18-8-5-15(19)10-17(14)18/h3-8,10-12,20H,9H2,1-2H3. The van der Waals surface area contributed by atoms with Crippen LogP contribution in [0.1, 0.15) is 25.0 Å². The number of aromatic nitrogens is 1. The van der Waals surface area contributed by atoms with Crippen molar-refractivity contribution in [3.8, 4) is 5.75 Å². The molecule has 0 amide bonds. The average molecular weight is 344 g/mol. The van der Waals surface area contributed by atoms with Gasteiger partial charge in [-0.05, 0) is 61.7 Å². The van der Waals surface area contributed by atoms with Crippen LogP contribution in [0.25, 0.3) is 10.9 Å². The van der Waals surface area contributed by atoms with Crippen molar-refractivity contribution >= 4 is 26.8 Å². The van der Waals surface area contributed by atoms with Gasteiger partial charge in [0.1, 0.15) is 5.75 Å². The minimum absolute atomic E-state index is 0.210. The van der Waals surface area contributed by atoms with Crippen LogP contribution in [-0.2, 0) is 6.42 Å². The molecule has 0 atom stereocenters. The first kappa shape index (κ1) is 14.2. The number of hydrogen-bond donors (Lipinski definition) is 1. The zero-order chi connectivity index (χ0) is 14.8. The minimum atomic E-state index is 0.210. The molecule has 21 heavy (non-hydrogen) atoms. The lowest BCUT2D eigenvalue weighted by Crippen LogP contribution is -2.05. The summed E-state index contributed by atoms with van der Waals surface area (Å²) in [5, 5.41) is 1.27. The van der Waals surface area contributed by atoms with Crippen LogP contribution in [0.5, 0.6) is 5.75 Å². The third-order valence-corrected chi connectivity index (χ3v) is 3.91. The summed E-state index contributed by atoms with van der Waals surface area (Å²) >= 11 is 3.54. The number of benzene rings is 2. The molecule has 1 heterocycles. The number of nitrogens with one attached hydrogen (secondary N) is 1. The van der Waals surface area contributed by atoms with E-state index in [0.29, 0.717) is 0 Å². The van der Waals surface area contributed by atoms with Gasteiger partial charge < -0.3 is 9.72 Å². The van der Waals surface area contributed by atoms with Crippen LogP contribution >= 0.6 is 15.9 Å². The predicted molar refractivity (Wildman–Crippen MR) is 91.0 cm³/mol. The molecule has 0 fully saturated rings. The van der Waals surface area contributed by atoms with Crippen LogP contribution in [-0.4, -0.2) is 11.1 Å². The fourth-order valence-electron chi connectivity index (χ4n) is 2.47. The van der Waals surface area contributed by atoms with E-state index in [4.69, 9.17) is 4.74 Å². The molecular weight excluding hydrogens is 326 g/mol. The molecule has 0 aliphatic heterocycles. The zero-order valence-electron chi connectivity index (χ0n) is 12.2. The van der Waals surface area contributed by atoms with E-state index in [1.807, 2.05) is 26.0 Å². The van der Waals surface area contributed by atoms with Gasteiger partial charge in [0.05, 0.1) is 6.10 Å². The smallest absolute Gasteiger partial charge is 0.119 e. The molecule has 0 bridgehead atoms. The predicted octanol–water partition coefficient (Wildman–Crippen LogP) is 5.31. The van der Waals surface area contributed by atoms with Crippen molar-refractivity contribution in [1.29, 1.82) is 0 Å². The van der Waals surface area contributed by atoms with E-state index >= 15 is 0 Å². The van der Waals surface area contributed by atoms with Gasteiger partial charge in [0.15, 0.2) is 0 Å². The third-order valence-electron chi connectivity index (χ3n) is 3.42. The highest BCUT2D eigenvalue weighted by Crippen LogP contribution is 2.25. The first-order valence-corrected chi connectivity index (χ1v) is 7.92. The molecule has 3 rings (SSSR count). The first-order chi connectivity index (χ1) is 10.1. The second-order valence-corrected chi connectivity index (χ2v) is 6.41. The van der Waals surface area contributed by atoms with Crippen LogP contribution < -0.4 is 4.74 Å². The summed E-state index contributed by atoms with van der Waals surface area (Å²) in [6.07, 6.45) is 3.22. The average Bonchev–Trinajstić information content (AvgIpc) is 2.83. The fourth-order valence-corrected chi connectivity index (χ4v) is 2.84. The van der Waals surface area contributed by atoms with Crippen LogP contribution in [0.15, 0.2) is 53.1 Å². The molecule has 0 aliphatic rings. The quantitative estimate of drug-likeness (QED) is 0.682. The van der Waals surface area contributed by atoms with Gasteiger partial charge in [0.25, 0.3) is 0 Å². The fraction of sp³-hybridized carbons (Fsp3) is 0.222. The van der Waals surface area contributed by atoms with Gasteiger partial charge in [-0.1, -0.05) is 28.1 Å². The molecule has 0 saturated carbocycles. The largest absolute Gasteiger partial charge is 0.491 e. The van der Waals surface area contributed by atoms with Crippen molar-refractivity contribution in [2.75, 3.05) is 0 Å². The molecule has 2 nitrogen and oxygen atoms in total. The van der Waals surface area contributed by atoms with Gasteiger partial charge in [0.2, 0.25) is 0 Å². The number of hydrogen-bond acceptors (Lipinski definition) is 1. The van der Waals surface area contributed by atoms with Gasteiger partial charge in [-0.3, -0.25) is 0 Å². The van der Waals surface area contributed by atoms with E-state index in [-0.39, 0.29) is 6.10 Å². The van der Waals surface area contributed by atoms with Gasteiger partial charge in [-0.2, -0.15) is 0 Å². The maximum Gasteiger partial charge on any atom is 0.119 e. The Morgan fingerprint density at radius 2 is 1.86 bits per heavy atom. The van der Waals surface area contributed by atoms with Crippen LogP contribution in [0.2, 0.25) is 0 Å². The number of fused-ring (bicyclic) bond motifs is 1. The summed E-state index contributed by atoms with van der Waals surface area (Å²) in [5.74, 6) is 0.926. The topological polar surface area (TPSA) is 25.0 Å². The lowest BCUT2D eigenvalue weighted by Gasteiger charge is -2.10. The molecule has 3 heteroatoms. The van der Waals surface area contributed by atoms with Crippen molar-refractivity contribution in [3.63, 3.8) is 0 Å². The van der Waals surface area contributed by atoms with Crippen molar-refractivity contribution in [2.24, 2.45) is 0 Å². The molecule has 0 aliphatic carbocycles. The van der Waals surface area contributed by atoms with Crippen LogP contribution in [0.3, 0.4) is 0 Å². The third kappa shape index (κ3) is 3.30. The summed E-state index contributed by atoms with van der Waals surface area (Å²) in [6, 6.07) is 14.7. The summed E-state index contributed by atoms with van der Waals surface area (Å²) in [4.78, 5) is 3.33. The van der Waals surface area contributed by atoms with E-state index in [0.717, 1.165) is 16.6 Å². The lowest BCUT2D eigenvalue weighted by molar-refractivity contribution is 0.242. The van der Waals surface area contributed by atoms with E-state index in [2.05, 4.69) is 57.4 Å². The molecule has 0 unspecified atom stereocenters. The summed E-state index contributed by atoms with van der Waals surface area (Å²) in [6.45, 7) is 4.08. The van der Waals surface area contributed by atoms with Crippen LogP contribution in [0.4, 0.5) is 0 Å². The van der Waals surface area contributed by atoms with Crippen molar-refractivity contribution in [3.05, 3.63) is 64.3 Å². The Hall–Kier alpha value is -1.74.